The molecule has 0 unspecified atom stereocenters. The molecule has 0 aliphatic rings. The number of hydrogen-bond acceptors (Lipinski definition) is 6. The molecule has 8 nitrogen and oxygen atoms in total. The van der Waals surface area contributed by atoms with Crippen LogP contribution in [0.2, 0.25) is 0 Å². The molecule has 2 amide bonds. The summed E-state index contributed by atoms with van der Waals surface area (Å²) in [5.41, 5.74) is 1.57. The summed E-state index contributed by atoms with van der Waals surface area (Å²) in [4.78, 5) is 40.1. The highest BCUT2D eigenvalue weighted by atomic mass is 16.2. The summed E-state index contributed by atoms with van der Waals surface area (Å²) < 4.78 is 0. The number of carbonyl (C=O) groups excluding carboxylic acids is 2. The van der Waals surface area contributed by atoms with Gasteiger partial charge >= 0.3 is 11.8 Å². The molecule has 0 atom stereocenters. The van der Waals surface area contributed by atoms with Crippen molar-refractivity contribution >= 4 is 24.2 Å². The van der Waals surface area contributed by atoms with Gasteiger partial charge in [-0.15, -0.1) is 0 Å². The van der Waals surface area contributed by atoms with E-state index < -0.39 is 11.8 Å². The normalized spacial score (nSPS) is 11.0. The Balaban J connectivity index is 1.49. The maximum absolute atomic E-state index is 11.7. The first kappa shape index (κ1) is 20.9. The van der Waals surface area contributed by atoms with E-state index >= 15 is 0 Å². The Kier molecular flexibility index (Phi) is 9.59. The van der Waals surface area contributed by atoms with Gasteiger partial charge in [-0.1, -0.05) is 12.1 Å². The number of rotatable bonds is 10. The number of amides is 2. The zero-order valence-corrected chi connectivity index (χ0v) is 15.6. The number of pyridine rings is 2. The highest BCUT2D eigenvalue weighted by Crippen LogP contribution is 1.90. The zero-order valence-electron chi connectivity index (χ0n) is 15.6. The highest BCUT2D eigenvalue weighted by Gasteiger charge is 2.11. The van der Waals surface area contributed by atoms with Gasteiger partial charge < -0.3 is 10.6 Å². The molecule has 0 radical (unpaired) electrons. The minimum Gasteiger partial charge on any atom is -0.348 e. The van der Waals surface area contributed by atoms with Crippen LogP contribution in [0.3, 0.4) is 0 Å². The van der Waals surface area contributed by atoms with Crippen molar-refractivity contribution in [2.75, 3.05) is 26.2 Å². The summed E-state index contributed by atoms with van der Waals surface area (Å²) in [6.45, 7) is 1.87. The van der Waals surface area contributed by atoms with Crippen molar-refractivity contribution in [3.63, 3.8) is 0 Å². The standard InChI is InChI=1S/C20H24N6O2/c27-19(25-13-5-9-21-15-17-7-1-3-11-23-17)20(28)26-14-6-10-22-16-18-8-2-4-12-24-18/h1-4,7-8,11-12,15-16H,5-6,9-10,13-14H2,(H,25,27)(H,26,28). The molecule has 0 aromatic carbocycles. The van der Waals surface area contributed by atoms with Crippen LogP contribution in [0, 0.1) is 0 Å². The van der Waals surface area contributed by atoms with Gasteiger partial charge in [-0.05, 0) is 37.1 Å². The van der Waals surface area contributed by atoms with Gasteiger partial charge in [-0.2, -0.15) is 0 Å². The summed E-state index contributed by atoms with van der Waals surface area (Å²) in [5.74, 6) is -1.27. The summed E-state index contributed by atoms with van der Waals surface area (Å²) in [5, 5.41) is 5.15. The summed E-state index contributed by atoms with van der Waals surface area (Å²) in [6, 6.07) is 11.2. The average molecular weight is 380 g/mol. The van der Waals surface area contributed by atoms with Gasteiger partial charge in [0, 0.05) is 51.0 Å². The first-order chi connectivity index (χ1) is 13.8. The van der Waals surface area contributed by atoms with Gasteiger partial charge in [0.25, 0.3) is 0 Å². The van der Waals surface area contributed by atoms with Crippen LogP contribution in [0.5, 0.6) is 0 Å². The van der Waals surface area contributed by atoms with E-state index in [0.29, 0.717) is 39.0 Å². The summed E-state index contributed by atoms with van der Waals surface area (Å²) in [7, 11) is 0. The van der Waals surface area contributed by atoms with Crippen LogP contribution < -0.4 is 10.6 Å². The van der Waals surface area contributed by atoms with Gasteiger partial charge in [0.2, 0.25) is 0 Å². The molecule has 2 N–H and O–H groups in total. The van der Waals surface area contributed by atoms with Gasteiger partial charge in [0.1, 0.15) is 0 Å². The molecule has 2 aromatic rings. The number of carbonyl (C=O) groups is 2. The fourth-order valence-electron chi connectivity index (χ4n) is 2.13. The molecule has 2 aromatic heterocycles. The van der Waals surface area contributed by atoms with E-state index in [2.05, 4.69) is 30.6 Å². The second-order valence-corrected chi connectivity index (χ2v) is 5.80. The molecule has 0 saturated carbocycles. The highest BCUT2D eigenvalue weighted by molar-refractivity contribution is 6.35. The Hall–Kier alpha value is -3.42. The van der Waals surface area contributed by atoms with Gasteiger partial charge in [-0.25, -0.2) is 0 Å². The van der Waals surface area contributed by atoms with Crippen molar-refractivity contribution in [1.82, 2.24) is 20.6 Å². The van der Waals surface area contributed by atoms with Crippen molar-refractivity contribution in [3.8, 4) is 0 Å². The van der Waals surface area contributed by atoms with Crippen LogP contribution in [0.1, 0.15) is 24.2 Å². The third-order valence-electron chi connectivity index (χ3n) is 3.53. The van der Waals surface area contributed by atoms with E-state index in [1.54, 1.807) is 24.8 Å². The van der Waals surface area contributed by atoms with Gasteiger partial charge in [-0.3, -0.25) is 29.5 Å². The molecule has 146 valence electrons. The molecule has 28 heavy (non-hydrogen) atoms. The number of aliphatic imine (C=N–C) groups is 2. The van der Waals surface area contributed by atoms with E-state index in [-0.39, 0.29) is 0 Å². The fraction of sp³-hybridized carbons (Fsp3) is 0.300. The molecular weight excluding hydrogens is 356 g/mol. The van der Waals surface area contributed by atoms with Crippen molar-refractivity contribution in [2.24, 2.45) is 9.98 Å². The lowest BCUT2D eigenvalue weighted by molar-refractivity contribution is -0.139. The van der Waals surface area contributed by atoms with E-state index in [9.17, 15) is 9.59 Å². The molecule has 2 heterocycles. The van der Waals surface area contributed by atoms with E-state index in [0.717, 1.165) is 11.4 Å². The largest absolute Gasteiger partial charge is 0.348 e. The Bertz CT molecular complexity index is 710. The molecule has 0 saturated heterocycles. The van der Waals surface area contributed by atoms with Crippen LogP contribution in [0.15, 0.2) is 58.8 Å². The molecule has 0 fully saturated rings. The van der Waals surface area contributed by atoms with Crippen molar-refractivity contribution < 1.29 is 9.59 Å². The monoisotopic (exact) mass is 380 g/mol. The van der Waals surface area contributed by atoms with Crippen LogP contribution in [-0.4, -0.2) is 60.4 Å². The maximum Gasteiger partial charge on any atom is 0.309 e. The zero-order chi connectivity index (χ0) is 19.9. The van der Waals surface area contributed by atoms with Gasteiger partial charge in [0.15, 0.2) is 0 Å². The quantitative estimate of drug-likeness (QED) is 0.364. The molecular formula is C20H24N6O2. The topological polar surface area (TPSA) is 109 Å². The van der Waals surface area contributed by atoms with E-state index in [4.69, 9.17) is 0 Å². The predicted octanol–water partition coefficient (Wildman–Crippen LogP) is 1.03. The molecule has 0 spiro atoms. The van der Waals surface area contributed by atoms with Crippen molar-refractivity contribution in [1.29, 1.82) is 0 Å². The van der Waals surface area contributed by atoms with Crippen LogP contribution in [-0.2, 0) is 9.59 Å². The lowest BCUT2D eigenvalue weighted by Crippen LogP contribution is -2.40. The van der Waals surface area contributed by atoms with Gasteiger partial charge in [0.05, 0.1) is 11.4 Å². The fourth-order valence-corrected chi connectivity index (χ4v) is 2.13. The van der Waals surface area contributed by atoms with E-state index in [1.807, 2.05) is 36.4 Å². The Morgan fingerprint density at radius 1 is 0.786 bits per heavy atom. The molecule has 0 bridgehead atoms. The van der Waals surface area contributed by atoms with E-state index in [1.165, 1.54) is 0 Å². The number of nitrogens with zero attached hydrogens (tertiary/aromatic N) is 4. The smallest absolute Gasteiger partial charge is 0.309 e. The maximum atomic E-state index is 11.7. The Morgan fingerprint density at radius 2 is 1.25 bits per heavy atom. The van der Waals surface area contributed by atoms with Crippen LogP contribution in [0.4, 0.5) is 0 Å². The second kappa shape index (κ2) is 12.9. The number of aromatic nitrogens is 2. The average Bonchev–Trinajstić information content (AvgIpc) is 2.74. The van der Waals surface area contributed by atoms with Crippen LogP contribution >= 0.6 is 0 Å². The Morgan fingerprint density at radius 3 is 1.64 bits per heavy atom. The third-order valence-corrected chi connectivity index (χ3v) is 3.53. The first-order valence-electron chi connectivity index (χ1n) is 9.13. The molecule has 0 aliphatic carbocycles. The molecule has 0 aliphatic heterocycles. The molecule has 2 rings (SSSR count). The Labute approximate surface area is 164 Å². The van der Waals surface area contributed by atoms with Crippen molar-refractivity contribution in [2.45, 2.75) is 12.8 Å². The molecule has 8 heteroatoms. The third kappa shape index (κ3) is 8.79. The number of nitrogens with one attached hydrogen (secondary N) is 2. The minimum absolute atomic E-state index is 0.389. The number of hydrogen-bond donors (Lipinski definition) is 2. The summed E-state index contributed by atoms with van der Waals surface area (Å²) in [6.07, 6.45) is 8.06. The lowest BCUT2D eigenvalue weighted by Gasteiger charge is -2.05. The second-order valence-electron chi connectivity index (χ2n) is 5.80. The predicted molar refractivity (Wildman–Crippen MR) is 109 cm³/mol. The first-order valence-corrected chi connectivity index (χ1v) is 9.13. The van der Waals surface area contributed by atoms with Crippen molar-refractivity contribution in [3.05, 3.63) is 60.2 Å². The SMILES string of the molecule is O=C(NCCCN=Cc1ccccn1)C(=O)NCCCN=Cc1ccccn1. The minimum atomic E-state index is -0.634. The summed E-state index contributed by atoms with van der Waals surface area (Å²) >= 11 is 0. The lowest BCUT2D eigenvalue weighted by atomic mass is 10.3. The van der Waals surface area contributed by atoms with Crippen LogP contribution in [0.25, 0.3) is 0 Å².